The monoisotopic (exact) mass is 265 g/mol. The molecule has 1 heterocycles. The van der Waals surface area contributed by atoms with E-state index < -0.39 is 11.6 Å². The zero-order chi connectivity index (χ0) is 14.0. The average Bonchev–Trinajstić information content (AvgIpc) is 2.39. The van der Waals surface area contributed by atoms with Crippen LogP contribution in [0.15, 0.2) is 12.1 Å². The first kappa shape index (κ1) is 13.8. The average molecular weight is 265 g/mol. The van der Waals surface area contributed by atoms with Crippen LogP contribution < -0.4 is 10.6 Å². The molecule has 2 rings (SSSR count). The number of benzene rings is 1. The summed E-state index contributed by atoms with van der Waals surface area (Å²) < 4.78 is 27.9. The van der Waals surface area contributed by atoms with E-state index >= 15 is 0 Å². The fourth-order valence-corrected chi connectivity index (χ4v) is 2.62. The van der Waals surface area contributed by atoms with E-state index in [2.05, 4.69) is 0 Å². The summed E-state index contributed by atoms with van der Waals surface area (Å²) in [5.41, 5.74) is 5.96. The van der Waals surface area contributed by atoms with Crippen molar-refractivity contribution in [2.75, 3.05) is 18.0 Å². The summed E-state index contributed by atoms with van der Waals surface area (Å²) in [6.45, 7) is 3.12. The van der Waals surface area contributed by atoms with Crippen molar-refractivity contribution in [3.63, 3.8) is 0 Å². The summed E-state index contributed by atoms with van der Waals surface area (Å²) in [4.78, 5) is 1.70. The Hall–Kier alpha value is -1.67. The molecule has 1 fully saturated rings. The molecule has 0 saturated carbocycles. The Morgan fingerprint density at radius 3 is 2.58 bits per heavy atom. The molecule has 0 radical (unpaired) electrons. The predicted octanol–water partition coefficient (Wildman–Crippen LogP) is 2.40. The van der Waals surface area contributed by atoms with Gasteiger partial charge in [0.25, 0.3) is 0 Å². The third kappa shape index (κ3) is 2.69. The molecule has 2 unspecified atom stereocenters. The van der Waals surface area contributed by atoms with Gasteiger partial charge in [-0.2, -0.15) is 5.26 Å². The quantitative estimate of drug-likeness (QED) is 0.893. The lowest BCUT2D eigenvalue weighted by Gasteiger charge is -2.38. The molecule has 3 nitrogen and oxygen atoms in total. The minimum atomic E-state index is -0.679. The first-order valence-electron chi connectivity index (χ1n) is 6.46. The SMILES string of the molecule is CCC1CN(c2c(F)cc(C#N)cc2F)CCC1N. The topological polar surface area (TPSA) is 53.0 Å². The number of rotatable bonds is 2. The van der Waals surface area contributed by atoms with E-state index in [9.17, 15) is 8.78 Å². The molecule has 1 aromatic rings. The number of hydrogen-bond acceptors (Lipinski definition) is 3. The Morgan fingerprint density at radius 1 is 1.42 bits per heavy atom. The number of piperidine rings is 1. The standard InChI is InChI=1S/C14H17F2N3/c1-2-10-8-19(4-3-13(10)18)14-11(15)5-9(7-17)6-12(14)16/h5-6,10,13H,2-4,8,18H2,1H3. The van der Waals surface area contributed by atoms with Gasteiger partial charge < -0.3 is 10.6 Å². The van der Waals surface area contributed by atoms with Gasteiger partial charge in [-0.15, -0.1) is 0 Å². The van der Waals surface area contributed by atoms with Crippen molar-refractivity contribution in [2.24, 2.45) is 11.7 Å². The molecular formula is C14H17F2N3. The number of nitrogens with zero attached hydrogens (tertiary/aromatic N) is 2. The molecule has 0 spiro atoms. The molecular weight excluding hydrogens is 248 g/mol. The summed E-state index contributed by atoms with van der Waals surface area (Å²) in [5.74, 6) is -1.12. The lowest BCUT2D eigenvalue weighted by atomic mass is 9.90. The first-order valence-corrected chi connectivity index (χ1v) is 6.46. The van der Waals surface area contributed by atoms with E-state index in [0.29, 0.717) is 13.1 Å². The normalized spacial score (nSPS) is 23.2. The molecule has 1 aliphatic heterocycles. The third-order valence-electron chi connectivity index (χ3n) is 3.78. The number of nitriles is 1. The van der Waals surface area contributed by atoms with E-state index in [1.807, 2.05) is 6.92 Å². The van der Waals surface area contributed by atoms with Gasteiger partial charge in [0.2, 0.25) is 0 Å². The Labute approximate surface area is 111 Å². The van der Waals surface area contributed by atoms with Crippen LogP contribution in [0.3, 0.4) is 0 Å². The highest BCUT2D eigenvalue weighted by molar-refractivity contribution is 5.53. The first-order chi connectivity index (χ1) is 9.06. The molecule has 1 saturated heterocycles. The zero-order valence-electron chi connectivity index (χ0n) is 10.9. The zero-order valence-corrected chi connectivity index (χ0v) is 10.9. The van der Waals surface area contributed by atoms with Crippen LogP contribution in [-0.2, 0) is 0 Å². The predicted molar refractivity (Wildman–Crippen MR) is 69.7 cm³/mol. The molecule has 102 valence electrons. The maximum absolute atomic E-state index is 13.9. The van der Waals surface area contributed by atoms with Crippen LogP contribution in [0.25, 0.3) is 0 Å². The minimum Gasteiger partial charge on any atom is -0.366 e. The molecule has 0 aliphatic carbocycles. The maximum Gasteiger partial charge on any atom is 0.150 e. The van der Waals surface area contributed by atoms with Crippen molar-refractivity contribution < 1.29 is 8.78 Å². The number of anilines is 1. The van der Waals surface area contributed by atoms with Gasteiger partial charge in [0.05, 0.1) is 11.6 Å². The fourth-order valence-electron chi connectivity index (χ4n) is 2.62. The molecule has 1 aliphatic rings. The van der Waals surface area contributed by atoms with Crippen LogP contribution >= 0.6 is 0 Å². The molecule has 0 bridgehead atoms. The van der Waals surface area contributed by atoms with Gasteiger partial charge in [0.15, 0.2) is 11.6 Å². The Kier molecular flexibility index (Phi) is 4.01. The largest absolute Gasteiger partial charge is 0.366 e. The van der Waals surface area contributed by atoms with Crippen LogP contribution in [0.4, 0.5) is 14.5 Å². The van der Waals surface area contributed by atoms with Crippen molar-refractivity contribution in [1.29, 1.82) is 5.26 Å². The summed E-state index contributed by atoms with van der Waals surface area (Å²) >= 11 is 0. The lowest BCUT2D eigenvalue weighted by Crippen LogP contribution is -2.47. The van der Waals surface area contributed by atoms with E-state index in [1.165, 1.54) is 0 Å². The third-order valence-corrected chi connectivity index (χ3v) is 3.78. The summed E-state index contributed by atoms with van der Waals surface area (Å²) in [7, 11) is 0. The Bertz CT molecular complexity index is 487. The molecule has 0 aromatic heterocycles. The van der Waals surface area contributed by atoms with Crippen LogP contribution in [0.2, 0.25) is 0 Å². The second-order valence-electron chi connectivity index (χ2n) is 4.97. The van der Waals surface area contributed by atoms with E-state index in [1.54, 1.807) is 11.0 Å². The smallest absolute Gasteiger partial charge is 0.150 e. The van der Waals surface area contributed by atoms with Crippen molar-refractivity contribution in [1.82, 2.24) is 0 Å². The molecule has 2 atom stereocenters. The Morgan fingerprint density at radius 2 is 2.05 bits per heavy atom. The van der Waals surface area contributed by atoms with E-state index in [-0.39, 0.29) is 23.2 Å². The van der Waals surface area contributed by atoms with Crippen LogP contribution in [0.5, 0.6) is 0 Å². The van der Waals surface area contributed by atoms with Gasteiger partial charge in [-0.1, -0.05) is 13.3 Å². The summed E-state index contributed by atoms with van der Waals surface area (Å²) in [6.07, 6.45) is 1.61. The number of hydrogen-bond donors (Lipinski definition) is 1. The van der Waals surface area contributed by atoms with Gasteiger partial charge in [0, 0.05) is 19.1 Å². The number of halogens is 2. The number of nitrogens with two attached hydrogens (primary N) is 1. The van der Waals surface area contributed by atoms with Crippen molar-refractivity contribution in [2.45, 2.75) is 25.8 Å². The highest BCUT2D eigenvalue weighted by atomic mass is 19.1. The van der Waals surface area contributed by atoms with Gasteiger partial charge in [-0.3, -0.25) is 0 Å². The molecule has 5 heteroatoms. The maximum atomic E-state index is 13.9. The van der Waals surface area contributed by atoms with Gasteiger partial charge in [-0.25, -0.2) is 8.78 Å². The van der Waals surface area contributed by atoms with E-state index in [4.69, 9.17) is 11.0 Å². The van der Waals surface area contributed by atoms with Gasteiger partial charge in [0.1, 0.15) is 5.69 Å². The second kappa shape index (κ2) is 5.54. The minimum absolute atomic E-state index is 0.000461. The van der Waals surface area contributed by atoms with Gasteiger partial charge in [-0.05, 0) is 24.5 Å². The van der Waals surface area contributed by atoms with Crippen molar-refractivity contribution in [3.05, 3.63) is 29.3 Å². The van der Waals surface area contributed by atoms with Crippen LogP contribution in [0.1, 0.15) is 25.3 Å². The van der Waals surface area contributed by atoms with Crippen LogP contribution in [-0.4, -0.2) is 19.1 Å². The summed E-state index contributed by atoms with van der Waals surface area (Å²) in [6, 6.07) is 3.99. The fraction of sp³-hybridized carbons (Fsp3) is 0.500. The van der Waals surface area contributed by atoms with Crippen molar-refractivity contribution >= 4 is 5.69 Å². The molecule has 19 heavy (non-hydrogen) atoms. The molecule has 1 aromatic carbocycles. The highest BCUT2D eigenvalue weighted by Crippen LogP contribution is 2.29. The second-order valence-corrected chi connectivity index (χ2v) is 4.97. The van der Waals surface area contributed by atoms with E-state index in [0.717, 1.165) is 25.0 Å². The summed E-state index contributed by atoms with van der Waals surface area (Å²) in [5, 5.41) is 8.69. The molecule has 2 N–H and O–H groups in total. The Balaban J connectivity index is 2.30. The van der Waals surface area contributed by atoms with Crippen molar-refractivity contribution in [3.8, 4) is 6.07 Å². The highest BCUT2D eigenvalue weighted by Gasteiger charge is 2.28. The lowest BCUT2D eigenvalue weighted by molar-refractivity contribution is 0.344. The van der Waals surface area contributed by atoms with Gasteiger partial charge >= 0.3 is 0 Å². The van der Waals surface area contributed by atoms with Crippen LogP contribution in [0, 0.1) is 28.9 Å². The molecule has 0 amide bonds.